The number of hydrogen-bond donors (Lipinski definition) is 1. The quantitative estimate of drug-likeness (QED) is 0.872. The molecule has 1 saturated heterocycles. The lowest BCUT2D eigenvalue weighted by Crippen LogP contribution is -2.33. The summed E-state index contributed by atoms with van der Waals surface area (Å²) in [7, 11) is 0. The Kier molecular flexibility index (Phi) is 4.58. The van der Waals surface area contributed by atoms with Gasteiger partial charge in [0.2, 0.25) is 5.91 Å². The minimum Gasteiger partial charge on any atom is -0.477 e. The van der Waals surface area contributed by atoms with E-state index in [4.69, 9.17) is 5.11 Å². The normalized spacial score (nSPS) is 19.1. The fourth-order valence-electron chi connectivity index (χ4n) is 2.58. The first kappa shape index (κ1) is 14.1. The lowest BCUT2D eigenvalue weighted by molar-refractivity contribution is -0.129. The molecule has 1 aromatic heterocycles. The number of amides is 1. The van der Waals surface area contributed by atoms with Crippen LogP contribution in [-0.4, -0.2) is 34.5 Å². The van der Waals surface area contributed by atoms with Crippen LogP contribution in [0.4, 0.5) is 0 Å². The number of aryl methyl sites for hydroxylation is 1. The maximum Gasteiger partial charge on any atom is 0.345 e. The summed E-state index contributed by atoms with van der Waals surface area (Å²) in [4.78, 5) is 26.0. The Labute approximate surface area is 117 Å². The van der Waals surface area contributed by atoms with Gasteiger partial charge in [0.1, 0.15) is 4.88 Å². The molecule has 0 spiro atoms. The molecule has 104 valence electrons. The van der Waals surface area contributed by atoms with E-state index in [2.05, 4.69) is 6.92 Å². The molecular formula is C14H19NO3S. The molecule has 19 heavy (non-hydrogen) atoms. The largest absolute Gasteiger partial charge is 0.477 e. The van der Waals surface area contributed by atoms with Gasteiger partial charge in [0.15, 0.2) is 0 Å². The number of carboxylic acid groups (broad SMARTS) is 1. The maximum atomic E-state index is 11.7. The summed E-state index contributed by atoms with van der Waals surface area (Å²) < 4.78 is 0. The van der Waals surface area contributed by atoms with Crippen LogP contribution in [0.2, 0.25) is 0 Å². The molecule has 5 heteroatoms. The molecule has 1 aromatic rings. The van der Waals surface area contributed by atoms with Crippen molar-refractivity contribution in [3.05, 3.63) is 21.9 Å². The van der Waals surface area contributed by atoms with Gasteiger partial charge in [-0.15, -0.1) is 11.3 Å². The highest BCUT2D eigenvalue weighted by molar-refractivity contribution is 7.13. The summed E-state index contributed by atoms with van der Waals surface area (Å²) in [6.07, 6.45) is 4.44. The number of rotatable bonds is 6. The van der Waals surface area contributed by atoms with Crippen LogP contribution in [0.5, 0.6) is 0 Å². The molecule has 0 unspecified atom stereocenters. The summed E-state index contributed by atoms with van der Waals surface area (Å²) in [6, 6.07) is 3.93. The molecule has 0 aliphatic carbocycles. The van der Waals surface area contributed by atoms with E-state index in [9.17, 15) is 9.59 Å². The van der Waals surface area contributed by atoms with Crippen LogP contribution in [0.3, 0.4) is 0 Å². The first-order chi connectivity index (χ1) is 9.11. The Morgan fingerprint density at radius 2 is 2.32 bits per heavy atom. The van der Waals surface area contributed by atoms with Gasteiger partial charge < -0.3 is 10.0 Å². The van der Waals surface area contributed by atoms with E-state index in [-0.39, 0.29) is 5.91 Å². The maximum absolute atomic E-state index is 11.7. The van der Waals surface area contributed by atoms with Gasteiger partial charge in [0, 0.05) is 23.9 Å². The van der Waals surface area contributed by atoms with Gasteiger partial charge in [0.05, 0.1) is 0 Å². The molecule has 2 heterocycles. The van der Waals surface area contributed by atoms with Crippen molar-refractivity contribution in [1.29, 1.82) is 0 Å². The zero-order chi connectivity index (χ0) is 13.8. The van der Waals surface area contributed by atoms with Crippen LogP contribution in [-0.2, 0) is 11.2 Å². The van der Waals surface area contributed by atoms with Crippen molar-refractivity contribution < 1.29 is 14.7 Å². The zero-order valence-electron chi connectivity index (χ0n) is 11.1. The summed E-state index contributed by atoms with van der Waals surface area (Å²) in [5.41, 5.74) is 0. The van der Waals surface area contributed by atoms with Crippen LogP contribution in [0.25, 0.3) is 0 Å². The number of likely N-dealkylation sites (tertiary alicyclic amines) is 1. The van der Waals surface area contributed by atoms with Crippen molar-refractivity contribution in [2.75, 3.05) is 6.54 Å². The number of hydrogen-bond acceptors (Lipinski definition) is 3. The van der Waals surface area contributed by atoms with Gasteiger partial charge in [0.25, 0.3) is 0 Å². The summed E-state index contributed by atoms with van der Waals surface area (Å²) in [5.74, 6) is -0.596. The van der Waals surface area contributed by atoms with Crippen molar-refractivity contribution in [1.82, 2.24) is 4.90 Å². The molecule has 4 nitrogen and oxygen atoms in total. The number of carboxylic acids is 1. The van der Waals surface area contributed by atoms with Gasteiger partial charge >= 0.3 is 5.97 Å². The van der Waals surface area contributed by atoms with Crippen molar-refractivity contribution in [2.24, 2.45) is 0 Å². The van der Waals surface area contributed by atoms with Crippen molar-refractivity contribution in [2.45, 2.75) is 45.1 Å². The van der Waals surface area contributed by atoms with E-state index in [1.807, 2.05) is 11.0 Å². The van der Waals surface area contributed by atoms with E-state index in [0.717, 1.165) is 37.1 Å². The monoisotopic (exact) mass is 281 g/mol. The van der Waals surface area contributed by atoms with E-state index in [1.165, 1.54) is 11.3 Å². The first-order valence-electron chi connectivity index (χ1n) is 6.73. The van der Waals surface area contributed by atoms with Gasteiger partial charge in [-0.1, -0.05) is 6.92 Å². The Hall–Kier alpha value is -1.36. The van der Waals surface area contributed by atoms with Crippen LogP contribution in [0.1, 0.15) is 47.2 Å². The molecular weight excluding hydrogens is 262 g/mol. The highest BCUT2D eigenvalue weighted by Gasteiger charge is 2.28. The second-order valence-corrected chi connectivity index (χ2v) is 6.03. The zero-order valence-corrected chi connectivity index (χ0v) is 11.9. The molecule has 0 saturated carbocycles. The Bertz CT molecular complexity index is 469. The highest BCUT2D eigenvalue weighted by atomic mass is 32.1. The number of thiophene rings is 1. The second-order valence-electron chi connectivity index (χ2n) is 4.86. The topological polar surface area (TPSA) is 57.6 Å². The van der Waals surface area contributed by atoms with E-state index in [1.54, 1.807) is 6.07 Å². The lowest BCUT2D eigenvalue weighted by Gasteiger charge is -2.23. The van der Waals surface area contributed by atoms with E-state index >= 15 is 0 Å². The van der Waals surface area contributed by atoms with Gasteiger partial charge in [-0.3, -0.25) is 4.79 Å². The first-order valence-corrected chi connectivity index (χ1v) is 7.55. The van der Waals surface area contributed by atoms with E-state index in [0.29, 0.717) is 17.3 Å². The molecule has 1 aliphatic rings. The molecule has 1 fully saturated rings. The van der Waals surface area contributed by atoms with Crippen LogP contribution < -0.4 is 0 Å². The van der Waals surface area contributed by atoms with Crippen LogP contribution in [0.15, 0.2) is 12.1 Å². The van der Waals surface area contributed by atoms with Crippen molar-refractivity contribution in [3.63, 3.8) is 0 Å². The fraction of sp³-hybridized carbons (Fsp3) is 0.571. The van der Waals surface area contributed by atoms with Crippen LogP contribution >= 0.6 is 11.3 Å². The molecule has 0 radical (unpaired) electrons. The number of nitrogens with zero attached hydrogens (tertiary/aromatic N) is 1. The molecule has 0 bridgehead atoms. The molecule has 1 aliphatic heterocycles. The average molecular weight is 281 g/mol. The summed E-state index contributed by atoms with van der Waals surface area (Å²) in [5, 5.41) is 8.86. The Morgan fingerprint density at radius 3 is 2.95 bits per heavy atom. The summed E-state index contributed by atoms with van der Waals surface area (Å²) in [6.45, 7) is 2.91. The highest BCUT2D eigenvalue weighted by Crippen LogP contribution is 2.23. The smallest absolute Gasteiger partial charge is 0.345 e. The number of aromatic carboxylic acids is 1. The Balaban J connectivity index is 1.82. The number of carbonyl (C=O) groups is 2. The predicted molar refractivity (Wildman–Crippen MR) is 74.6 cm³/mol. The lowest BCUT2D eigenvalue weighted by atomic mass is 10.1. The standard InChI is InChI=1S/C14H19NO3S/c1-2-10-5-8-13(16)15(10)9-3-4-11-6-7-12(19-11)14(17)18/h6-7,10H,2-5,8-9H2,1H3,(H,17,18)/t10-/m0/s1. The van der Waals surface area contributed by atoms with Crippen molar-refractivity contribution in [3.8, 4) is 0 Å². The molecule has 1 amide bonds. The summed E-state index contributed by atoms with van der Waals surface area (Å²) >= 11 is 1.33. The Morgan fingerprint density at radius 1 is 1.53 bits per heavy atom. The van der Waals surface area contributed by atoms with Gasteiger partial charge in [-0.05, 0) is 37.8 Å². The fourth-order valence-corrected chi connectivity index (χ4v) is 3.46. The number of carbonyl (C=O) groups excluding carboxylic acids is 1. The third kappa shape index (κ3) is 3.35. The third-order valence-electron chi connectivity index (χ3n) is 3.62. The second kappa shape index (κ2) is 6.19. The van der Waals surface area contributed by atoms with Gasteiger partial charge in [-0.2, -0.15) is 0 Å². The van der Waals surface area contributed by atoms with Crippen LogP contribution in [0, 0.1) is 0 Å². The minimum absolute atomic E-state index is 0.268. The van der Waals surface area contributed by atoms with Crippen molar-refractivity contribution >= 4 is 23.2 Å². The molecule has 1 atom stereocenters. The third-order valence-corrected chi connectivity index (χ3v) is 4.75. The van der Waals surface area contributed by atoms with E-state index < -0.39 is 5.97 Å². The van der Waals surface area contributed by atoms with Gasteiger partial charge in [-0.25, -0.2) is 4.79 Å². The molecule has 1 N–H and O–H groups in total. The molecule has 2 rings (SSSR count). The SMILES string of the molecule is CC[C@H]1CCC(=O)N1CCCc1ccc(C(=O)O)s1. The molecule has 0 aromatic carbocycles. The predicted octanol–water partition coefficient (Wildman–Crippen LogP) is 2.78. The average Bonchev–Trinajstić information content (AvgIpc) is 2.98. The minimum atomic E-state index is -0.864.